The normalized spacial score (nSPS) is 14.1. The molecule has 0 spiro atoms. The number of hydrogen-bond donors (Lipinski definition) is 3. The number of carbonyl (C=O) groups is 3. The highest BCUT2D eigenvalue weighted by Crippen LogP contribution is 2.39. The summed E-state index contributed by atoms with van der Waals surface area (Å²) in [6.07, 6.45) is 87.4. The lowest BCUT2D eigenvalue weighted by Gasteiger charge is -2.33. The average Bonchev–Trinajstić information content (AvgIpc) is 0.792. The van der Waals surface area contributed by atoms with Crippen LogP contribution in [0.2, 0.25) is 0 Å². The van der Waals surface area contributed by atoms with Gasteiger partial charge < -0.3 is 31.1 Å². The highest BCUT2D eigenvalue weighted by Gasteiger charge is 2.40. The van der Waals surface area contributed by atoms with Crippen molar-refractivity contribution in [3.05, 3.63) is 23.3 Å². The van der Waals surface area contributed by atoms with Gasteiger partial charge in [0.2, 0.25) is 11.8 Å². The molecule has 4 N–H and O–H groups in total. The molecular weight excluding hydrogens is 1210 g/mol. The van der Waals surface area contributed by atoms with E-state index in [9.17, 15) is 14.4 Å². The van der Waals surface area contributed by atoms with Crippen LogP contribution in [0.4, 0.5) is 0 Å². The number of primary amides is 1. The summed E-state index contributed by atoms with van der Waals surface area (Å²) in [5.41, 5.74) is 6.40. The van der Waals surface area contributed by atoms with Gasteiger partial charge in [0.05, 0.1) is 5.41 Å². The van der Waals surface area contributed by atoms with Crippen LogP contribution in [-0.2, 0) is 14.4 Å². The Bertz CT molecular complexity index is 1730. The third-order valence-corrected chi connectivity index (χ3v) is 22.2. The van der Waals surface area contributed by atoms with Gasteiger partial charge in [0.25, 0.3) is 5.91 Å². The maximum Gasteiger partial charge on any atom is 0.251 e. The molecule has 0 aromatic heterocycles. The highest BCUT2D eigenvalue weighted by atomic mass is 16.2. The van der Waals surface area contributed by atoms with Gasteiger partial charge in [-0.25, -0.2) is 0 Å². The van der Waals surface area contributed by atoms with Crippen LogP contribution in [-0.4, -0.2) is 104 Å². The number of carbonyl (C=O) groups excluding carboxylic acids is 3. The van der Waals surface area contributed by atoms with E-state index >= 15 is 0 Å². The lowest BCUT2D eigenvalue weighted by molar-refractivity contribution is -0.126. The van der Waals surface area contributed by atoms with E-state index in [4.69, 9.17) is 5.73 Å². The zero-order valence-corrected chi connectivity index (χ0v) is 68.0. The molecular formula is C90H176N6O3. The van der Waals surface area contributed by atoms with Gasteiger partial charge in [-0.3, -0.25) is 14.4 Å². The Morgan fingerprint density at radius 3 is 0.727 bits per heavy atom. The van der Waals surface area contributed by atoms with Crippen molar-refractivity contribution >= 4 is 17.7 Å². The molecule has 0 saturated carbocycles. The summed E-state index contributed by atoms with van der Waals surface area (Å²) in [5.74, 6) is -0.779. The summed E-state index contributed by atoms with van der Waals surface area (Å²) in [4.78, 5) is 51.4. The molecule has 1 unspecified atom stereocenters. The first-order chi connectivity index (χ1) is 48.7. The fourth-order valence-corrected chi connectivity index (χ4v) is 15.5. The lowest BCUT2D eigenvalue weighted by Crippen LogP contribution is -2.42. The Morgan fingerprint density at radius 1 is 0.293 bits per heavy atom. The molecule has 0 aromatic carbocycles. The molecule has 9 heteroatoms. The van der Waals surface area contributed by atoms with Crippen molar-refractivity contribution in [1.82, 2.24) is 25.3 Å². The Hall–Kier alpha value is -2.23. The molecule has 0 bridgehead atoms. The summed E-state index contributed by atoms with van der Waals surface area (Å²) in [6, 6.07) is 0. The van der Waals surface area contributed by atoms with Gasteiger partial charge in [-0.1, -0.05) is 394 Å². The van der Waals surface area contributed by atoms with Gasteiger partial charge >= 0.3 is 0 Å². The summed E-state index contributed by atoms with van der Waals surface area (Å²) in [5, 5.41) is 6.64. The van der Waals surface area contributed by atoms with Crippen molar-refractivity contribution in [2.75, 3.05) is 72.0 Å². The van der Waals surface area contributed by atoms with Crippen molar-refractivity contribution in [3.8, 4) is 0 Å². The van der Waals surface area contributed by atoms with Gasteiger partial charge in [0.15, 0.2) is 0 Å². The van der Waals surface area contributed by atoms with Gasteiger partial charge in [-0.05, 0) is 136 Å². The molecule has 0 fully saturated rings. The van der Waals surface area contributed by atoms with Crippen molar-refractivity contribution < 1.29 is 14.4 Å². The SMILES string of the molecule is CCCCCCCCCCCCN(CCCCCCCCCCCC)CCCNC(=O)C1=CC(CCCN(CCCCCCCCCCCC)CCCCCCCCCCCC)(C(N)=O)CC(C(=O)NCCCN(CCCCCCCCCCCC)CCCCCCCCCCCC)=C1. The summed E-state index contributed by atoms with van der Waals surface area (Å²) in [6.45, 7) is 24.4. The van der Waals surface area contributed by atoms with E-state index in [0.29, 0.717) is 30.7 Å². The molecule has 0 heterocycles. The molecule has 1 atom stereocenters. The summed E-state index contributed by atoms with van der Waals surface area (Å²) >= 11 is 0. The monoisotopic (exact) mass is 1390 g/mol. The predicted molar refractivity (Wildman–Crippen MR) is 437 cm³/mol. The molecule has 3 amide bonds. The number of nitrogens with one attached hydrogen (secondary N) is 2. The zero-order valence-electron chi connectivity index (χ0n) is 68.0. The Kier molecular flexibility index (Phi) is 70.9. The van der Waals surface area contributed by atoms with E-state index in [0.717, 1.165) is 78.2 Å². The Balaban J connectivity index is 3.31. The molecule has 0 saturated heterocycles. The maximum atomic E-state index is 14.6. The molecule has 0 aliphatic heterocycles. The van der Waals surface area contributed by atoms with E-state index in [-0.39, 0.29) is 18.2 Å². The summed E-state index contributed by atoms with van der Waals surface area (Å²) in [7, 11) is 0. The molecule has 1 aliphatic carbocycles. The smallest absolute Gasteiger partial charge is 0.251 e. The van der Waals surface area contributed by atoms with Crippen molar-refractivity contribution in [1.29, 1.82) is 0 Å². The second-order valence-corrected chi connectivity index (χ2v) is 31.9. The van der Waals surface area contributed by atoms with E-state index in [1.165, 1.54) is 385 Å². The first-order valence-electron chi connectivity index (χ1n) is 45.2. The van der Waals surface area contributed by atoms with Crippen LogP contribution in [0.1, 0.15) is 459 Å². The first-order valence-corrected chi connectivity index (χ1v) is 45.2. The minimum atomic E-state index is -1.12. The minimum absolute atomic E-state index is 0.159. The molecule has 1 rings (SSSR count). The van der Waals surface area contributed by atoms with Crippen LogP contribution in [0.3, 0.4) is 0 Å². The Labute approximate surface area is 619 Å². The van der Waals surface area contributed by atoms with Crippen molar-refractivity contribution in [3.63, 3.8) is 0 Å². The molecule has 0 radical (unpaired) electrons. The number of nitrogens with zero attached hydrogens (tertiary/aromatic N) is 3. The molecule has 0 aromatic rings. The number of amides is 3. The minimum Gasteiger partial charge on any atom is -0.369 e. The van der Waals surface area contributed by atoms with E-state index < -0.39 is 11.3 Å². The quantitative estimate of drug-likeness (QED) is 0.0523. The third-order valence-electron chi connectivity index (χ3n) is 22.2. The predicted octanol–water partition coefficient (Wildman–Crippen LogP) is 25.9. The average molecular weight is 1390 g/mol. The van der Waals surface area contributed by atoms with Crippen molar-refractivity contribution in [2.24, 2.45) is 11.1 Å². The number of rotatable bonds is 81. The third kappa shape index (κ3) is 59.7. The lowest BCUT2D eigenvalue weighted by atomic mass is 9.72. The van der Waals surface area contributed by atoms with Crippen LogP contribution in [0, 0.1) is 5.41 Å². The Morgan fingerprint density at radius 2 is 0.495 bits per heavy atom. The van der Waals surface area contributed by atoms with Crippen LogP contribution >= 0.6 is 0 Å². The van der Waals surface area contributed by atoms with Crippen molar-refractivity contribution in [2.45, 2.75) is 459 Å². The van der Waals surface area contributed by atoms with Crippen LogP contribution in [0.25, 0.3) is 0 Å². The fourth-order valence-electron chi connectivity index (χ4n) is 15.5. The topological polar surface area (TPSA) is 111 Å². The number of nitrogens with two attached hydrogens (primary N) is 1. The van der Waals surface area contributed by atoms with Gasteiger partial charge in [-0.2, -0.15) is 0 Å². The van der Waals surface area contributed by atoms with Crippen LogP contribution < -0.4 is 16.4 Å². The van der Waals surface area contributed by atoms with Gasteiger partial charge in [0.1, 0.15) is 0 Å². The molecule has 1 aliphatic rings. The molecule has 9 nitrogen and oxygen atoms in total. The number of unbranched alkanes of at least 4 members (excludes halogenated alkanes) is 54. The van der Waals surface area contributed by atoms with E-state index in [2.05, 4.69) is 66.9 Å². The highest BCUT2D eigenvalue weighted by molar-refractivity contribution is 6.03. The van der Waals surface area contributed by atoms with Gasteiger partial charge in [0, 0.05) is 24.2 Å². The fraction of sp³-hybridized carbons (Fsp3) is 0.922. The van der Waals surface area contributed by atoms with Crippen LogP contribution in [0.5, 0.6) is 0 Å². The van der Waals surface area contributed by atoms with E-state index in [1.54, 1.807) is 6.08 Å². The van der Waals surface area contributed by atoms with Crippen LogP contribution in [0.15, 0.2) is 23.3 Å². The maximum absolute atomic E-state index is 14.6. The summed E-state index contributed by atoms with van der Waals surface area (Å²) < 4.78 is 0. The largest absolute Gasteiger partial charge is 0.369 e. The second-order valence-electron chi connectivity index (χ2n) is 31.9. The standard InChI is InChI=1S/C90H176N6O3/c1-7-13-19-25-31-37-43-49-55-61-73-94(74-62-56-50-44-38-32-26-20-14-8-2)79-67-70-90(89(91)99)83-85(87(97)92-71-68-80-95(75-63-57-51-45-39-33-27-21-15-9-3)76-64-58-52-46-40-34-28-22-16-10-4)82-86(84-90)88(98)93-72-69-81-96(77-65-59-53-47-41-35-29-23-17-11-5)78-66-60-54-48-42-36-30-24-18-12-6/h82-83H,7-81,84H2,1-6H3,(H2,91,99)(H,92,97)(H,93,98). The number of hydrogen-bond acceptors (Lipinski definition) is 6. The van der Waals surface area contributed by atoms with E-state index in [1.807, 2.05) is 6.08 Å². The molecule has 584 valence electrons. The zero-order chi connectivity index (χ0) is 71.7. The van der Waals surface area contributed by atoms with Gasteiger partial charge in [-0.15, -0.1) is 0 Å². The first kappa shape index (κ1) is 94.8. The second kappa shape index (κ2) is 74.1. The molecule has 99 heavy (non-hydrogen) atoms.